The predicted octanol–water partition coefficient (Wildman–Crippen LogP) is 2.26. The number of carbonyl (C=O) groups excluding carboxylic acids is 1. The van der Waals surface area contributed by atoms with E-state index >= 15 is 0 Å². The Balaban J connectivity index is 2.22. The molecule has 0 radical (unpaired) electrons. The van der Waals surface area contributed by atoms with Gasteiger partial charge in [0.15, 0.2) is 0 Å². The van der Waals surface area contributed by atoms with E-state index in [9.17, 15) is 22.8 Å². The highest BCUT2D eigenvalue weighted by Gasteiger charge is 2.34. The molecule has 0 saturated heterocycles. The first-order valence-corrected chi connectivity index (χ1v) is 6.46. The Morgan fingerprint density at radius 2 is 1.86 bits per heavy atom. The van der Waals surface area contributed by atoms with Gasteiger partial charge in [-0.1, -0.05) is 6.07 Å². The Labute approximate surface area is 119 Å². The molecular formula is C14H14F3NO3. The number of benzene rings is 1. The van der Waals surface area contributed by atoms with E-state index in [1.165, 1.54) is 6.07 Å². The van der Waals surface area contributed by atoms with Gasteiger partial charge in [-0.15, -0.1) is 0 Å². The first-order valence-electron chi connectivity index (χ1n) is 6.46. The molecule has 114 valence electrons. The fraction of sp³-hybridized carbons (Fsp3) is 0.429. The number of alkyl halides is 3. The first kappa shape index (κ1) is 15.3. The van der Waals surface area contributed by atoms with Gasteiger partial charge < -0.3 is 10.0 Å². The van der Waals surface area contributed by atoms with Crippen LogP contribution in [0.3, 0.4) is 0 Å². The van der Waals surface area contributed by atoms with E-state index in [0.29, 0.717) is 4.90 Å². The average Bonchev–Trinajstić information content (AvgIpc) is 2.81. The molecule has 1 aromatic carbocycles. The minimum Gasteiger partial charge on any atom is -0.480 e. The normalized spacial score (nSPS) is 13.9. The molecule has 0 bridgehead atoms. The third-order valence-corrected chi connectivity index (χ3v) is 3.33. The third-order valence-electron chi connectivity index (χ3n) is 3.33. The summed E-state index contributed by atoms with van der Waals surface area (Å²) in [5, 5.41) is 8.67. The van der Waals surface area contributed by atoms with Gasteiger partial charge in [0.25, 0.3) is 5.91 Å². The number of aliphatic carboxylic acids is 1. The summed E-state index contributed by atoms with van der Waals surface area (Å²) >= 11 is 0. The van der Waals surface area contributed by atoms with Crippen LogP contribution in [0.4, 0.5) is 13.2 Å². The van der Waals surface area contributed by atoms with Crippen molar-refractivity contribution in [3.05, 3.63) is 34.9 Å². The van der Waals surface area contributed by atoms with Crippen LogP contribution in [0.2, 0.25) is 0 Å². The molecule has 1 aromatic rings. The molecule has 1 amide bonds. The number of amides is 1. The van der Waals surface area contributed by atoms with E-state index in [2.05, 4.69) is 0 Å². The smallest absolute Gasteiger partial charge is 0.406 e. The Bertz CT molecular complexity index is 569. The molecule has 7 heteroatoms. The number of carboxylic acids is 1. The molecule has 0 unspecified atom stereocenters. The van der Waals surface area contributed by atoms with Crippen LogP contribution in [0.5, 0.6) is 0 Å². The summed E-state index contributed by atoms with van der Waals surface area (Å²) in [6.45, 7) is -2.55. The summed E-state index contributed by atoms with van der Waals surface area (Å²) in [5.74, 6) is -2.39. The lowest BCUT2D eigenvalue weighted by molar-refractivity contribution is -0.149. The van der Waals surface area contributed by atoms with Crippen molar-refractivity contribution in [3.8, 4) is 0 Å². The second kappa shape index (κ2) is 5.75. The van der Waals surface area contributed by atoms with Gasteiger partial charge in [0.1, 0.15) is 13.1 Å². The van der Waals surface area contributed by atoms with Crippen LogP contribution in [0.25, 0.3) is 0 Å². The molecular weight excluding hydrogens is 287 g/mol. The number of fused-ring (bicyclic) bond motifs is 1. The summed E-state index contributed by atoms with van der Waals surface area (Å²) in [6.07, 6.45) is -2.00. The Morgan fingerprint density at radius 3 is 2.48 bits per heavy atom. The molecule has 1 aliphatic carbocycles. The van der Waals surface area contributed by atoms with E-state index in [-0.39, 0.29) is 5.56 Å². The largest absolute Gasteiger partial charge is 0.480 e. The van der Waals surface area contributed by atoms with Crippen LogP contribution >= 0.6 is 0 Å². The van der Waals surface area contributed by atoms with Crippen molar-refractivity contribution < 1.29 is 27.9 Å². The first-order chi connectivity index (χ1) is 9.76. The van der Waals surface area contributed by atoms with Crippen LogP contribution < -0.4 is 0 Å². The van der Waals surface area contributed by atoms with E-state index in [1.807, 2.05) is 0 Å². The van der Waals surface area contributed by atoms with Gasteiger partial charge in [-0.05, 0) is 42.5 Å². The number of nitrogens with zero attached hydrogens (tertiary/aromatic N) is 1. The van der Waals surface area contributed by atoms with E-state index in [1.54, 1.807) is 12.1 Å². The number of aryl methyl sites for hydroxylation is 2. The second-order valence-electron chi connectivity index (χ2n) is 5.01. The molecule has 0 heterocycles. The Hall–Kier alpha value is -2.05. The topological polar surface area (TPSA) is 57.6 Å². The lowest BCUT2D eigenvalue weighted by atomic mass is 10.1. The maximum Gasteiger partial charge on any atom is 0.406 e. The minimum atomic E-state index is -4.64. The number of rotatable bonds is 4. The number of hydrogen-bond donors (Lipinski definition) is 1. The van der Waals surface area contributed by atoms with Crippen molar-refractivity contribution in [2.45, 2.75) is 25.4 Å². The molecule has 1 N–H and O–H groups in total. The van der Waals surface area contributed by atoms with Crippen molar-refractivity contribution in [1.82, 2.24) is 4.90 Å². The zero-order valence-corrected chi connectivity index (χ0v) is 11.1. The van der Waals surface area contributed by atoms with E-state index in [4.69, 9.17) is 5.11 Å². The van der Waals surface area contributed by atoms with Crippen molar-refractivity contribution in [1.29, 1.82) is 0 Å². The van der Waals surface area contributed by atoms with Gasteiger partial charge in [-0.3, -0.25) is 9.59 Å². The minimum absolute atomic E-state index is 0.0983. The van der Waals surface area contributed by atoms with E-state index in [0.717, 1.165) is 30.4 Å². The summed E-state index contributed by atoms with van der Waals surface area (Å²) < 4.78 is 37.4. The Kier molecular flexibility index (Phi) is 4.20. The predicted molar refractivity (Wildman–Crippen MR) is 68.1 cm³/mol. The monoisotopic (exact) mass is 301 g/mol. The zero-order chi connectivity index (χ0) is 15.6. The van der Waals surface area contributed by atoms with Gasteiger partial charge >= 0.3 is 12.1 Å². The fourth-order valence-corrected chi connectivity index (χ4v) is 2.47. The molecule has 0 fully saturated rings. The molecule has 21 heavy (non-hydrogen) atoms. The molecule has 2 rings (SSSR count). The molecule has 0 aliphatic heterocycles. The lowest BCUT2D eigenvalue weighted by Crippen LogP contribution is -2.42. The SMILES string of the molecule is O=C(O)CN(CC(F)(F)F)C(=O)c1ccc2c(c1)CCC2. The molecule has 0 atom stereocenters. The summed E-state index contributed by atoms with van der Waals surface area (Å²) in [5.41, 5.74) is 2.14. The quantitative estimate of drug-likeness (QED) is 0.928. The van der Waals surface area contributed by atoms with Gasteiger partial charge in [-0.25, -0.2) is 0 Å². The lowest BCUT2D eigenvalue weighted by Gasteiger charge is -2.22. The van der Waals surface area contributed by atoms with E-state index < -0.39 is 31.1 Å². The highest BCUT2D eigenvalue weighted by Crippen LogP contribution is 2.24. The average molecular weight is 301 g/mol. The molecule has 0 saturated carbocycles. The van der Waals surface area contributed by atoms with Crippen LogP contribution in [0.1, 0.15) is 27.9 Å². The van der Waals surface area contributed by atoms with Crippen molar-refractivity contribution in [2.24, 2.45) is 0 Å². The van der Waals surface area contributed by atoms with Crippen molar-refractivity contribution in [3.63, 3.8) is 0 Å². The van der Waals surface area contributed by atoms with Crippen LogP contribution in [0.15, 0.2) is 18.2 Å². The summed E-state index contributed by atoms with van der Waals surface area (Å²) in [6, 6.07) is 4.75. The van der Waals surface area contributed by atoms with Gasteiger partial charge in [0, 0.05) is 5.56 Å². The van der Waals surface area contributed by atoms with Crippen molar-refractivity contribution in [2.75, 3.05) is 13.1 Å². The van der Waals surface area contributed by atoms with Gasteiger partial charge in [0.2, 0.25) is 0 Å². The van der Waals surface area contributed by atoms with Crippen molar-refractivity contribution >= 4 is 11.9 Å². The number of halogens is 3. The highest BCUT2D eigenvalue weighted by molar-refractivity contribution is 5.96. The molecule has 0 spiro atoms. The van der Waals surface area contributed by atoms with Gasteiger partial charge in [-0.2, -0.15) is 13.2 Å². The second-order valence-corrected chi connectivity index (χ2v) is 5.01. The van der Waals surface area contributed by atoms with Gasteiger partial charge in [0.05, 0.1) is 0 Å². The fourth-order valence-electron chi connectivity index (χ4n) is 2.47. The maximum atomic E-state index is 12.5. The standard InChI is InChI=1S/C14H14F3NO3/c15-14(16,17)8-18(7-12(19)20)13(21)11-5-4-9-2-1-3-10(9)6-11/h4-6H,1-3,7-8H2,(H,19,20). The van der Waals surface area contributed by atoms with Crippen LogP contribution in [-0.2, 0) is 17.6 Å². The number of hydrogen-bond acceptors (Lipinski definition) is 2. The summed E-state index contributed by atoms with van der Waals surface area (Å²) in [4.78, 5) is 23.1. The van der Waals surface area contributed by atoms with Crippen LogP contribution in [-0.4, -0.2) is 41.1 Å². The summed E-state index contributed by atoms with van der Waals surface area (Å²) in [7, 11) is 0. The zero-order valence-electron chi connectivity index (χ0n) is 11.1. The highest BCUT2D eigenvalue weighted by atomic mass is 19.4. The molecule has 1 aliphatic rings. The van der Waals surface area contributed by atoms with Crippen LogP contribution in [0, 0.1) is 0 Å². The number of carbonyl (C=O) groups is 2. The molecule has 4 nitrogen and oxygen atoms in total. The Morgan fingerprint density at radius 1 is 1.19 bits per heavy atom. The maximum absolute atomic E-state index is 12.5. The number of carboxylic acid groups (broad SMARTS) is 1. The third kappa shape index (κ3) is 3.96. The molecule has 0 aromatic heterocycles.